The first-order valence-corrected chi connectivity index (χ1v) is 5.96. The smallest absolute Gasteiger partial charge is 0.191 e. The second-order valence-electron chi connectivity index (χ2n) is 4.14. The largest absolute Gasteiger partial charge is 0.483 e. The maximum atomic E-state index is 13.7. The van der Waals surface area contributed by atoms with Crippen LogP contribution in [0.25, 0.3) is 0 Å². The standard InChI is InChI=1S/C15H14F2O2/c16-13-8-12(6-7-18)9-14(17)15(13)19-10-11-4-2-1-3-5-11/h1-5,8-9,18H,6-7,10H2. The number of halogens is 2. The summed E-state index contributed by atoms with van der Waals surface area (Å²) >= 11 is 0. The molecular weight excluding hydrogens is 250 g/mol. The lowest BCUT2D eigenvalue weighted by Crippen LogP contribution is -2.02. The summed E-state index contributed by atoms with van der Waals surface area (Å²) in [4.78, 5) is 0. The minimum atomic E-state index is -0.751. The van der Waals surface area contributed by atoms with Crippen LogP contribution in [0.1, 0.15) is 11.1 Å². The van der Waals surface area contributed by atoms with Gasteiger partial charge in [0.15, 0.2) is 17.4 Å². The monoisotopic (exact) mass is 264 g/mol. The van der Waals surface area contributed by atoms with Gasteiger partial charge in [-0.1, -0.05) is 30.3 Å². The molecule has 0 saturated carbocycles. The molecule has 0 fully saturated rings. The molecular formula is C15H14F2O2. The first kappa shape index (κ1) is 13.5. The summed E-state index contributed by atoms with van der Waals surface area (Å²) in [6.07, 6.45) is 0.215. The molecule has 0 aliphatic heterocycles. The van der Waals surface area contributed by atoms with Gasteiger partial charge in [0.2, 0.25) is 0 Å². The van der Waals surface area contributed by atoms with E-state index in [1.54, 1.807) is 0 Å². The van der Waals surface area contributed by atoms with Gasteiger partial charge in [-0.2, -0.15) is 0 Å². The first-order valence-electron chi connectivity index (χ1n) is 5.96. The molecule has 0 heterocycles. The molecule has 0 aliphatic carbocycles. The van der Waals surface area contributed by atoms with Crippen LogP contribution in [0, 0.1) is 11.6 Å². The van der Waals surface area contributed by atoms with Gasteiger partial charge in [0, 0.05) is 6.61 Å². The van der Waals surface area contributed by atoms with Crippen molar-refractivity contribution in [3.8, 4) is 5.75 Å². The Kier molecular flexibility index (Phi) is 4.47. The van der Waals surface area contributed by atoms with Gasteiger partial charge in [-0.15, -0.1) is 0 Å². The minimum absolute atomic E-state index is 0.105. The van der Waals surface area contributed by atoms with Crippen molar-refractivity contribution in [3.05, 3.63) is 65.2 Å². The molecule has 4 heteroatoms. The van der Waals surface area contributed by atoms with Crippen LogP contribution in [0.3, 0.4) is 0 Å². The minimum Gasteiger partial charge on any atom is -0.483 e. The molecule has 0 saturated heterocycles. The second-order valence-corrected chi connectivity index (χ2v) is 4.14. The van der Waals surface area contributed by atoms with Gasteiger partial charge in [-0.3, -0.25) is 0 Å². The average Bonchev–Trinajstić information content (AvgIpc) is 2.39. The van der Waals surface area contributed by atoms with Gasteiger partial charge >= 0.3 is 0 Å². The van der Waals surface area contributed by atoms with Gasteiger partial charge in [0.1, 0.15) is 6.61 Å². The van der Waals surface area contributed by atoms with Crippen LogP contribution in [0.2, 0.25) is 0 Å². The van der Waals surface area contributed by atoms with E-state index in [2.05, 4.69) is 0 Å². The SMILES string of the molecule is OCCc1cc(F)c(OCc2ccccc2)c(F)c1. The maximum Gasteiger partial charge on any atom is 0.191 e. The molecule has 19 heavy (non-hydrogen) atoms. The Hall–Kier alpha value is -1.94. The summed E-state index contributed by atoms with van der Waals surface area (Å²) < 4.78 is 32.6. The molecule has 100 valence electrons. The molecule has 0 radical (unpaired) electrons. The Morgan fingerprint density at radius 3 is 2.16 bits per heavy atom. The predicted octanol–water partition coefficient (Wildman–Crippen LogP) is 3.08. The van der Waals surface area contributed by atoms with E-state index in [4.69, 9.17) is 9.84 Å². The van der Waals surface area contributed by atoms with E-state index >= 15 is 0 Å². The molecule has 0 aromatic heterocycles. The van der Waals surface area contributed by atoms with Gasteiger partial charge in [-0.05, 0) is 29.7 Å². The van der Waals surface area contributed by atoms with E-state index in [1.165, 1.54) is 12.1 Å². The van der Waals surface area contributed by atoms with Crippen LogP contribution in [0.15, 0.2) is 42.5 Å². The topological polar surface area (TPSA) is 29.5 Å². The number of ether oxygens (including phenoxy) is 1. The maximum absolute atomic E-state index is 13.7. The van der Waals surface area contributed by atoms with Crippen molar-refractivity contribution in [3.63, 3.8) is 0 Å². The van der Waals surface area contributed by atoms with Gasteiger partial charge in [-0.25, -0.2) is 8.78 Å². The number of aliphatic hydroxyl groups is 1. The normalized spacial score (nSPS) is 10.5. The van der Waals surface area contributed by atoms with Crippen molar-refractivity contribution in [2.24, 2.45) is 0 Å². The van der Waals surface area contributed by atoms with Gasteiger partial charge in [0.05, 0.1) is 0 Å². The molecule has 0 amide bonds. The Balaban J connectivity index is 2.12. The number of benzene rings is 2. The third-order valence-electron chi connectivity index (χ3n) is 2.68. The third-order valence-corrected chi connectivity index (χ3v) is 2.68. The van der Waals surface area contributed by atoms with Crippen LogP contribution < -0.4 is 4.74 Å². The first-order chi connectivity index (χ1) is 9.20. The zero-order valence-electron chi connectivity index (χ0n) is 10.3. The molecule has 0 aliphatic rings. The second kappa shape index (κ2) is 6.29. The van der Waals surface area contributed by atoms with Crippen LogP contribution in [-0.4, -0.2) is 11.7 Å². The summed E-state index contributed by atoms with van der Waals surface area (Å²) in [6.45, 7) is -0.0445. The van der Waals surface area contributed by atoms with Crippen molar-refractivity contribution in [2.45, 2.75) is 13.0 Å². The highest BCUT2D eigenvalue weighted by molar-refractivity contribution is 5.31. The van der Waals surface area contributed by atoms with E-state index in [0.717, 1.165) is 5.56 Å². The Bertz CT molecular complexity index is 518. The van der Waals surface area contributed by atoms with E-state index < -0.39 is 11.6 Å². The zero-order chi connectivity index (χ0) is 13.7. The van der Waals surface area contributed by atoms with E-state index in [9.17, 15) is 8.78 Å². The molecule has 1 N–H and O–H groups in total. The molecule has 0 unspecified atom stereocenters. The molecule has 0 atom stereocenters. The van der Waals surface area contributed by atoms with Crippen molar-refractivity contribution < 1.29 is 18.6 Å². The Labute approximate surface area is 110 Å². The molecule has 0 spiro atoms. The number of rotatable bonds is 5. The van der Waals surface area contributed by atoms with Crippen LogP contribution >= 0.6 is 0 Å². The van der Waals surface area contributed by atoms with Crippen molar-refractivity contribution in [1.82, 2.24) is 0 Å². The molecule has 0 bridgehead atoms. The van der Waals surface area contributed by atoms with Crippen LogP contribution in [-0.2, 0) is 13.0 Å². The van der Waals surface area contributed by atoms with Crippen LogP contribution in [0.5, 0.6) is 5.75 Å². The summed E-state index contributed by atoms with van der Waals surface area (Å²) in [5.41, 5.74) is 1.24. The van der Waals surface area contributed by atoms with Crippen molar-refractivity contribution in [1.29, 1.82) is 0 Å². The fraction of sp³-hybridized carbons (Fsp3) is 0.200. The summed E-state index contributed by atoms with van der Waals surface area (Å²) in [6, 6.07) is 11.5. The van der Waals surface area contributed by atoms with Crippen LogP contribution in [0.4, 0.5) is 8.78 Å². The average molecular weight is 264 g/mol. The predicted molar refractivity (Wildman–Crippen MR) is 67.9 cm³/mol. The quantitative estimate of drug-likeness (QED) is 0.899. The van der Waals surface area contributed by atoms with Crippen molar-refractivity contribution >= 4 is 0 Å². The Morgan fingerprint density at radius 2 is 1.58 bits per heavy atom. The van der Waals surface area contributed by atoms with Gasteiger partial charge < -0.3 is 9.84 Å². The zero-order valence-corrected chi connectivity index (χ0v) is 10.3. The van der Waals surface area contributed by atoms with E-state index in [-0.39, 0.29) is 25.4 Å². The number of hydrogen-bond acceptors (Lipinski definition) is 2. The number of aliphatic hydroxyl groups excluding tert-OH is 1. The summed E-state index contributed by atoms with van der Waals surface area (Å²) in [5.74, 6) is -1.88. The highest BCUT2D eigenvalue weighted by atomic mass is 19.1. The molecule has 2 aromatic rings. The summed E-state index contributed by atoms with van der Waals surface area (Å²) in [7, 11) is 0. The third kappa shape index (κ3) is 3.51. The fourth-order valence-electron chi connectivity index (χ4n) is 1.75. The van der Waals surface area contributed by atoms with E-state index in [0.29, 0.717) is 5.56 Å². The Morgan fingerprint density at radius 1 is 0.947 bits per heavy atom. The lowest BCUT2D eigenvalue weighted by molar-refractivity contribution is 0.272. The highest BCUT2D eigenvalue weighted by Crippen LogP contribution is 2.24. The highest BCUT2D eigenvalue weighted by Gasteiger charge is 2.12. The van der Waals surface area contributed by atoms with E-state index in [1.807, 2.05) is 30.3 Å². The summed E-state index contributed by atoms with van der Waals surface area (Å²) in [5, 5.41) is 8.75. The lowest BCUT2D eigenvalue weighted by atomic mass is 10.1. The molecule has 2 rings (SSSR count). The fourth-order valence-corrected chi connectivity index (χ4v) is 1.75. The molecule has 2 nitrogen and oxygen atoms in total. The number of hydrogen-bond donors (Lipinski definition) is 1. The van der Waals surface area contributed by atoms with Gasteiger partial charge in [0.25, 0.3) is 0 Å². The van der Waals surface area contributed by atoms with Crippen molar-refractivity contribution in [2.75, 3.05) is 6.61 Å². The molecule has 2 aromatic carbocycles. The lowest BCUT2D eigenvalue weighted by Gasteiger charge is -2.10.